The first-order chi connectivity index (χ1) is 9.01. The van der Waals surface area contributed by atoms with Crippen molar-refractivity contribution in [3.05, 3.63) is 30.3 Å². The molecule has 19 heavy (non-hydrogen) atoms. The molecule has 5 heteroatoms. The van der Waals surface area contributed by atoms with Crippen LogP contribution in [0.5, 0.6) is 0 Å². The van der Waals surface area contributed by atoms with E-state index >= 15 is 0 Å². The molecule has 100 valence electrons. The number of carbonyl (C=O) groups excluding carboxylic acids is 2. The third-order valence-electron chi connectivity index (χ3n) is 3.67. The van der Waals surface area contributed by atoms with Gasteiger partial charge in [-0.2, -0.15) is 4.48 Å². The number of likely N-dealkylation sites (tertiary alicyclic amines) is 1. The van der Waals surface area contributed by atoms with E-state index in [1.165, 1.54) is 6.92 Å². The molecule has 1 fully saturated rings. The molecule has 1 aliphatic rings. The third kappa shape index (κ3) is 1.96. The highest BCUT2D eigenvalue weighted by atomic mass is 16.4. The first-order valence-corrected chi connectivity index (χ1v) is 6.25. The number of quaternary nitrogens is 1. The van der Waals surface area contributed by atoms with Crippen LogP contribution < -0.4 is 4.48 Å². The summed E-state index contributed by atoms with van der Waals surface area (Å²) in [7, 11) is 0. The molecule has 2 rings (SSSR count). The number of para-hydroxylation sites is 1. The summed E-state index contributed by atoms with van der Waals surface area (Å²) in [5, 5.41) is 9.28. The molecule has 5 nitrogen and oxygen atoms in total. The molecule has 1 atom stereocenters. The normalized spacial score (nSPS) is 20.1. The minimum Gasteiger partial charge on any atom is -0.477 e. The van der Waals surface area contributed by atoms with E-state index in [4.69, 9.17) is 0 Å². The van der Waals surface area contributed by atoms with Crippen LogP contribution in [-0.4, -0.2) is 28.9 Å². The number of hydrogen-bond acceptors (Lipinski definition) is 3. The van der Waals surface area contributed by atoms with Gasteiger partial charge in [0.2, 0.25) is 6.04 Å². The van der Waals surface area contributed by atoms with Crippen LogP contribution >= 0.6 is 0 Å². The molecule has 1 aromatic rings. The predicted molar refractivity (Wildman–Crippen MR) is 69.2 cm³/mol. The summed E-state index contributed by atoms with van der Waals surface area (Å²) in [6, 6.07) is 7.35. The molecule has 0 radical (unpaired) electrons. The number of rotatable bonds is 3. The molecule has 2 amide bonds. The van der Waals surface area contributed by atoms with Gasteiger partial charge in [0.15, 0.2) is 0 Å². The van der Waals surface area contributed by atoms with E-state index in [9.17, 15) is 19.5 Å². The van der Waals surface area contributed by atoms with E-state index in [2.05, 4.69) is 0 Å². The Labute approximate surface area is 111 Å². The Balaban J connectivity index is 2.65. The van der Waals surface area contributed by atoms with Gasteiger partial charge in [-0.15, -0.1) is 0 Å². The van der Waals surface area contributed by atoms with Gasteiger partial charge in [-0.25, -0.2) is 14.4 Å². The number of piperidine rings is 1. The lowest BCUT2D eigenvalue weighted by Gasteiger charge is -2.38. The fourth-order valence-electron chi connectivity index (χ4n) is 2.65. The number of amides is 2. The molecule has 1 heterocycles. The lowest BCUT2D eigenvalue weighted by molar-refractivity contribution is -0.158. The summed E-state index contributed by atoms with van der Waals surface area (Å²) in [4.78, 5) is 36.1. The fraction of sp³-hybridized carbons (Fsp3) is 0.357. The monoisotopic (exact) mass is 262 g/mol. The van der Waals surface area contributed by atoms with Crippen LogP contribution in [0.15, 0.2) is 30.3 Å². The molecule has 1 saturated heterocycles. The summed E-state index contributed by atoms with van der Waals surface area (Å²) in [6.07, 6.45) is 0.966. The Morgan fingerprint density at radius 1 is 1.16 bits per heavy atom. The number of aliphatic carboxylic acids is 1. The lowest BCUT2D eigenvalue weighted by atomic mass is 10.00. The third-order valence-corrected chi connectivity index (χ3v) is 3.67. The smallest absolute Gasteiger partial charge is 0.363 e. The van der Waals surface area contributed by atoms with Crippen molar-refractivity contribution < 1.29 is 19.5 Å². The molecule has 0 unspecified atom stereocenters. The molecule has 1 aliphatic heterocycles. The van der Waals surface area contributed by atoms with Gasteiger partial charge in [0.05, 0.1) is 12.8 Å². The predicted octanol–water partition coefficient (Wildman–Crippen LogP) is 1.70. The molecule has 0 bridgehead atoms. The van der Waals surface area contributed by atoms with Crippen LogP contribution in [0.25, 0.3) is 0 Å². The summed E-state index contributed by atoms with van der Waals surface area (Å²) < 4.78 is -0.698. The number of imide groups is 1. The van der Waals surface area contributed by atoms with E-state index in [1.807, 2.05) is 0 Å². The van der Waals surface area contributed by atoms with Crippen LogP contribution in [0.3, 0.4) is 0 Å². The van der Waals surface area contributed by atoms with Gasteiger partial charge in [-0.1, -0.05) is 18.2 Å². The van der Waals surface area contributed by atoms with Gasteiger partial charge in [0.1, 0.15) is 5.69 Å². The number of nitrogens with zero attached hydrogens (tertiary/aromatic N) is 1. The first kappa shape index (κ1) is 13.4. The molecular formula is C14H16NO4+. The summed E-state index contributed by atoms with van der Waals surface area (Å²) in [5.41, 5.74) is 0.437. The standard InChI is InChI=1S/C14H15NO4/c1-10(14(18)19)15(11-6-3-2-4-7-11)12(16)8-5-9-13(15)17/h2-4,6-7,10H,5,8-9H2,1H3/p+1/t10-/m0/s1. The van der Waals surface area contributed by atoms with Gasteiger partial charge in [-0.05, 0) is 6.42 Å². The zero-order valence-corrected chi connectivity index (χ0v) is 10.7. The average molecular weight is 262 g/mol. The quantitative estimate of drug-likeness (QED) is 0.665. The van der Waals surface area contributed by atoms with E-state index in [1.54, 1.807) is 30.3 Å². The minimum absolute atomic E-state index is 0.234. The number of hydrogen-bond donors (Lipinski definition) is 1. The second-order valence-electron chi connectivity index (χ2n) is 4.71. The maximum Gasteiger partial charge on any atom is 0.363 e. The topological polar surface area (TPSA) is 71.4 Å². The summed E-state index contributed by atoms with van der Waals surface area (Å²) in [6.45, 7) is 1.41. The van der Waals surface area contributed by atoms with Gasteiger partial charge in [0, 0.05) is 19.1 Å². The van der Waals surface area contributed by atoms with E-state index in [-0.39, 0.29) is 24.7 Å². The van der Waals surface area contributed by atoms with E-state index in [0.29, 0.717) is 12.1 Å². The van der Waals surface area contributed by atoms with Gasteiger partial charge in [-0.3, -0.25) is 0 Å². The van der Waals surface area contributed by atoms with Gasteiger partial charge >= 0.3 is 17.8 Å². The molecule has 0 aliphatic carbocycles. The van der Waals surface area contributed by atoms with Crippen LogP contribution in [0.2, 0.25) is 0 Å². The van der Waals surface area contributed by atoms with Crippen molar-refractivity contribution >= 4 is 23.5 Å². The molecular weight excluding hydrogens is 246 g/mol. The molecule has 1 aromatic carbocycles. The second kappa shape index (κ2) is 4.93. The minimum atomic E-state index is -1.15. The molecule has 0 saturated carbocycles. The number of carboxylic acids is 1. The second-order valence-corrected chi connectivity index (χ2v) is 4.71. The van der Waals surface area contributed by atoms with Crippen molar-refractivity contribution in [3.63, 3.8) is 0 Å². The van der Waals surface area contributed by atoms with Crippen LogP contribution in [0.4, 0.5) is 5.69 Å². The summed E-state index contributed by atoms with van der Waals surface area (Å²) in [5.74, 6) is -1.82. The van der Waals surface area contributed by atoms with E-state index < -0.39 is 16.5 Å². The largest absolute Gasteiger partial charge is 0.477 e. The summed E-state index contributed by atoms with van der Waals surface area (Å²) >= 11 is 0. The highest BCUT2D eigenvalue weighted by Gasteiger charge is 2.55. The van der Waals surface area contributed by atoms with Crippen molar-refractivity contribution in [1.82, 2.24) is 4.48 Å². The van der Waals surface area contributed by atoms with Crippen molar-refractivity contribution in [2.45, 2.75) is 32.2 Å². The fourth-order valence-corrected chi connectivity index (χ4v) is 2.65. The molecule has 1 N–H and O–H groups in total. The number of carboxylic acid groups (broad SMARTS) is 1. The Hall–Kier alpha value is -2.01. The van der Waals surface area contributed by atoms with Crippen molar-refractivity contribution in [2.75, 3.05) is 0 Å². The zero-order valence-electron chi connectivity index (χ0n) is 10.7. The zero-order chi connectivity index (χ0) is 14.0. The van der Waals surface area contributed by atoms with Crippen LogP contribution in [0, 0.1) is 0 Å². The highest BCUT2D eigenvalue weighted by Crippen LogP contribution is 2.33. The van der Waals surface area contributed by atoms with Crippen molar-refractivity contribution in [3.8, 4) is 0 Å². The number of benzene rings is 1. The Morgan fingerprint density at radius 3 is 2.16 bits per heavy atom. The Bertz CT molecular complexity index is 508. The van der Waals surface area contributed by atoms with E-state index in [0.717, 1.165) is 0 Å². The highest BCUT2D eigenvalue weighted by molar-refractivity contribution is 6.13. The van der Waals surface area contributed by atoms with Crippen molar-refractivity contribution in [1.29, 1.82) is 0 Å². The van der Waals surface area contributed by atoms with Crippen LogP contribution in [-0.2, 0) is 14.4 Å². The molecule has 0 spiro atoms. The van der Waals surface area contributed by atoms with Gasteiger partial charge < -0.3 is 5.11 Å². The maximum absolute atomic E-state index is 12.4. The number of carbonyl (C=O) groups is 3. The maximum atomic E-state index is 12.4. The Morgan fingerprint density at radius 2 is 1.68 bits per heavy atom. The molecule has 0 aromatic heterocycles. The SMILES string of the molecule is C[C@@H](C(=O)O)[N+]1(c2ccccc2)C(=O)CCCC1=O. The van der Waals surface area contributed by atoms with Gasteiger partial charge in [0.25, 0.3) is 0 Å². The Kier molecular flexibility index (Phi) is 3.48. The van der Waals surface area contributed by atoms with Crippen molar-refractivity contribution in [2.24, 2.45) is 0 Å². The van der Waals surface area contributed by atoms with Crippen LogP contribution in [0.1, 0.15) is 26.2 Å². The lowest BCUT2D eigenvalue weighted by Crippen LogP contribution is -2.67. The average Bonchev–Trinajstić information content (AvgIpc) is 2.40. The first-order valence-electron chi connectivity index (χ1n) is 6.25.